The SMILES string of the molecule is CN(C)C(=O)c1ccc(CN2CCC(OCCCO)CC2)cc1. The predicted octanol–water partition coefficient (Wildman–Crippen LogP) is 1.75. The number of aliphatic hydroxyl groups is 1. The van der Waals surface area contributed by atoms with Gasteiger partial charge in [0.2, 0.25) is 0 Å². The summed E-state index contributed by atoms with van der Waals surface area (Å²) in [5.74, 6) is 0.0393. The second kappa shape index (κ2) is 9.01. The van der Waals surface area contributed by atoms with Crippen LogP contribution in [-0.4, -0.2) is 67.3 Å². The van der Waals surface area contributed by atoms with Crippen LogP contribution in [0.2, 0.25) is 0 Å². The van der Waals surface area contributed by atoms with Crippen LogP contribution >= 0.6 is 0 Å². The van der Waals surface area contributed by atoms with Crippen LogP contribution in [0.25, 0.3) is 0 Å². The number of likely N-dealkylation sites (tertiary alicyclic amines) is 1. The van der Waals surface area contributed by atoms with E-state index in [0.29, 0.717) is 12.7 Å². The minimum Gasteiger partial charge on any atom is -0.396 e. The molecule has 0 radical (unpaired) electrons. The highest BCUT2D eigenvalue weighted by Gasteiger charge is 2.19. The molecule has 1 aliphatic heterocycles. The van der Waals surface area contributed by atoms with Gasteiger partial charge >= 0.3 is 0 Å². The van der Waals surface area contributed by atoms with Crippen molar-refractivity contribution in [2.24, 2.45) is 0 Å². The van der Waals surface area contributed by atoms with Gasteiger partial charge in [-0.25, -0.2) is 0 Å². The molecule has 1 N–H and O–H groups in total. The van der Waals surface area contributed by atoms with Crippen molar-refractivity contribution in [1.82, 2.24) is 9.80 Å². The molecular weight excluding hydrogens is 292 g/mol. The van der Waals surface area contributed by atoms with Gasteiger partial charge in [-0.1, -0.05) is 12.1 Å². The molecule has 5 nitrogen and oxygen atoms in total. The molecule has 23 heavy (non-hydrogen) atoms. The molecule has 0 saturated carbocycles. The number of aliphatic hydroxyl groups excluding tert-OH is 1. The van der Waals surface area contributed by atoms with Crippen molar-refractivity contribution >= 4 is 5.91 Å². The van der Waals surface area contributed by atoms with Crippen LogP contribution in [0.3, 0.4) is 0 Å². The van der Waals surface area contributed by atoms with E-state index >= 15 is 0 Å². The number of nitrogens with zero attached hydrogens (tertiary/aromatic N) is 2. The van der Waals surface area contributed by atoms with Gasteiger partial charge < -0.3 is 14.7 Å². The number of carbonyl (C=O) groups is 1. The van der Waals surface area contributed by atoms with Gasteiger partial charge in [-0.3, -0.25) is 9.69 Å². The molecular formula is C18H28N2O3. The third-order valence-electron chi connectivity index (χ3n) is 4.20. The zero-order chi connectivity index (χ0) is 16.7. The van der Waals surface area contributed by atoms with Crippen molar-refractivity contribution in [3.63, 3.8) is 0 Å². The summed E-state index contributed by atoms with van der Waals surface area (Å²) in [6.45, 7) is 3.83. The summed E-state index contributed by atoms with van der Waals surface area (Å²) in [5, 5.41) is 8.77. The molecule has 0 unspecified atom stereocenters. The fourth-order valence-electron chi connectivity index (χ4n) is 2.82. The Labute approximate surface area is 138 Å². The minimum atomic E-state index is 0.0393. The summed E-state index contributed by atoms with van der Waals surface area (Å²) < 4.78 is 5.76. The predicted molar refractivity (Wildman–Crippen MR) is 90.4 cm³/mol. The number of piperidine rings is 1. The highest BCUT2D eigenvalue weighted by Crippen LogP contribution is 2.17. The minimum absolute atomic E-state index is 0.0393. The van der Waals surface area contributed by atoms with Gasteiger partial charge in [-0.2, -0.15) is 0 Å². The largest absolute Gasteiger partial charge is 0.396 e. The lowest BCUT2D eigenvalue weighted by Crippen LogP contribution is -2.36. The van der Waals surface area contributed by atoms with Crippen molar-refractivity contribution in [2.75, 3.05) is 40.4 Å². The van der Waals surface area contributed by atoms with E-state index in [1.54, 1.807) is 19.0 Å². The number of hydrogen-bond donors (Lipinski definition) is 1. The van der Waals surface area contributed by atoms with E-state index in [1.165, 1.54) is 5.56 Å². The highest BCUT2D eigenvalue weighted by molar-refractivity contribution is 5.93. The molecule has 1 saturated heterocycles. The molecule has 0 spiro atoms. The Bertz CT molecular complexity index is 480. The maximum Gasteiger partial charge on any atom is 0.253 e. The average molecular weight is 320 g/mol. The standard InChI is InChI=1S/C18H28N2O3/c1-19(2)18(22)16-6-4-15(5-7-16)14-20-10-8-17(9-11-20)23-13-3-12-21/h4-7,17,21H,3,8-14H2,1-2H3. The van der Waals surface area contributed by atoms with E-state index in [0.717, 1.165) is 44.5 Å². The summed E-state index contributed by atoms with van der Waals surface area (Å²) >= 11 is 0. The first-order valence-corrected chi connectivity index (χ1v) is 8.35. The molecule has 1 aromatic carbocycles. The number of amides is 1. The van der Waals surface area contributed by atoms with Gasteiger partial charge in [0, 0.05) is 52.5 Å². The van der Waals surface area contributed by atoms with E-state index in [2.05, 4.69) is 4.90 Å². The molecule has 1 amide bonds. The van der Waals surface area contributed by atoms with Gasteiger partial charge in [0.25, 0.3) is 5.91 Å². The van der Waals surface area contributed by atoms with Gasteiger partial charge in [0.1, 0.15) is 0 Å². The number of carbonyl (C=O) groups excluding carboxylic acids is 1. The summed E-state index contributed by atoms with van der Waals surface area (Å²) in [6.07, 6.45) is 3.14. The first kappa shape index (κ1) is 17.9. The van der Waals surface area contributed by atoms with Crippen molar-refractivity contribution in [2.45, 2.75) is 31.9 Å². The van der Waals surface area contributed by atoms with Gasteiger partial charge in [-0.15, -0.1) is 0 Å². The average Bonchev–Trinajstić information content (AvgIpc) is 2.56. The molecule has 5 heteroatoms. The van der Waals surface area contributed by atoms with E-state index in [1.807, 2.05) is 24.3 Å². The number of hydrogen-bond acceptors (Lipinski definition) is 4. The summed E-state index contributed by atoms with van der Waals surface area (Å²) in [5.41, 5.74) is 1.97. The Morgan fingerprint density at radius 2 is 1.91 bits per heavy atom. The number of rotatable bonds is 7. The van der Waals surface area contributed by atoms with Crippen LogP contribution in [0.1, 0.15) is 35.2 Å². The van der Waals surface area contributed by atoms with Crippen LogP contribution in [-0.2, 0) is 11.3 Å². The van der Waals surface area contributed by atoms with E-state index in [9.17, 15) is 4.79 Å². The molecule has 2 rings (SSSR count). The van der Waals surface area contributed by atoms with E-state index in [-0.39, 0.29) is 12.5 Å². The topological polar surface area (TPSA) is 53.0 Å². The maximum absolute atomic E-state index is 11.9. The van der Waals surface area contributed by atoms with Crippen LogP contribution in [0.15, 0.2) is 24.3 Å². The second-order valence-corrected chi connectivity index (χ2v) is 6.32. The molecule has 0 aliphatic carbocycles. The highest BCUT2D eigenvalue weighted by atomic mass is 16.5. The van der Waals surface area contributed by atoms with Crippen LogP contribution in [0.5, 0.6) is 0 Å². The maximum atomic E-state index is 11.9. The molecule has 0 bridgehead atoms. The first-order valence-electron chi connectivity index (χ1n) is 8.35. The molecule has 0 atom stereocenters. The Kier molecular flexibility index (Phi) is 7.02. The third-order valence-corrected chi connectivity index (χ3v) is 4.20. The van der Waals surface area contributed by atoms with Crippen LogP contribution < -0.4 is 0 Å². The number of benzene rings is 1. The van der Waals surface area contributed by atoms with E-state index in [4.69, 9.17) is 9.84 Å². The zero-order valence-corrected chi connectivity index (χ0v) is 14.2. The smallest absolute Gasteiger partial charge is 0.253 e. The van der Waals surface area contributed by atoms with Crippen LogP contribution in [0, 0.1) is 0 Å². The zero-order valence-electron chi connectivity index (χ0n) is 14.2. The normalized spacial score (nSPS) is 16.5. The summed E-state index contributed by atoms with van der Waals surface area (Å²) in [7, 11) is 3.53. The van der Waals surface area contributed by atoms with Gasteiger partial charge in [0.15, 0.2) is 0 Å². The van der Waals surface area contributed by atoms with Crippen molar-refractivity contribution in [1.29, 1.82) is 0 Å². The Balaban J connectivity index is 1.77. The van der Waals surface area contributed by atoms with Crippen molar-refractivity contribution in [3.8, 4) is 0 Å². The summed E-state index contributed by atoms with van der Waals surface area (Å²) in [4.78, 5) is 15.9. The molecule has 1 aliphatic rings. The lowest BCUT2D eigenvalue weighted by Gasteiger charge is -2.32. The second-order valence-electron chi connectivity index (χ2n) is 6.32. The fraction of sp³-hybridized carbons (Fsp3) is 0.611. The Morgan fingerprint density at radius 3 is 2.48 bits per heavy atom. The van der Waals surface area contributed by atoms with Gasteiger partial charge in [-0.05, 0) is 37.0 Å². The monoisotopic (exact) mass is 320 g/mol. The fourth-order valence-corrected chi connectivity index (χ4v) is 2.82. The lowest BCUT2D eigenvalue weighted by atomic mass is 10.1. The third kappa shape index (κ3) is 5.61. The molecule has 1 aromatic rings. The van der Waals surface area contributed by atoms with Crippen LogP contribution in [0.4, 0.5) is 0 Å². The van der Waals surface area contributed by atoms with E-state index < -0.39 is 0 Å². The molecule has 0 aromatic heterocycles. The summed E-state index contributed by atoms with van der Waals surface area (Å²) in [6, 6.07) is 7.89. The Hall–Kier alpha value is -1.43. The Morgan fingerprint density at radius 1 is 1.26 bits per heavy atom. The molecule has 1 fully saturated rings. The first-order chi connectivity index (χ1) is 11.1. The molecule has 1 heterocycles. The lowest BCUT2D eigenvalue weighted by molar-refractivity contribution is 0.000782. The van der Waals surface area contributed by atoms with Crippen molar-refractivity contribution < 1.29 is 14.6 Å². The number of ether oxygens (including phenoxy) is 1. The van der Waals surface area contributed by atoms with Crippen molar-refractivity contribution in [3.05, 3.63) is 35.4 Å². The van der Waals surface area contributed by atoms with Gasteiger partial charge in [0.05, 0.1) is 6.10 Å². The quantitative estimate of drug-likeness (QED) is 0.778. The molecule has 128 valence electrons.